The van der Waals surface area contributed by atoms with E-state index in [4.69, 9.17) is 11.6 Å². The highest BCUT2D eigenvalue weighted by Crippen LogP contribution is 2.30. The summed E-state index contributed by atoms with van der Waals surface area (Å²) in [5.41, 5.74) is 1.52. The number of alkyl halides is 3. The minimum Gasteiger partial charge on any atom is -0.381 e. The quantitative estimate of drug-likeness (QED) is 0.672. The van der Waals surface area contributed by atoms with Gasteiger partial charge in [0.2, 0.25) is 0 Å². The summed E-state index contributed by atoms with van der Waals surface area (Å²) < 4.78 is 37.3. The molecule has 0 saturated heterocycles. The Kier molecular flexibility index (Phi) is 3.09. The molecule has 14 heavy (non-hydrogen) atoms. The molecule has 1 nitrogen and oxygen atoms in total. The second-order valence-electron chi connectivity index (χ2n) is 2.54. The Balaban J connectivity index is 3.22. The monoisotopic (exact) mass is 221 g/mol. The summed E-state index contributed by atoms with van der Waals surface area (Å²) in [6.45, 7) is 0. The molecule has 0 aliphatic heterocycles. The fourth-order valence-electron chi connectivity index (χ4n) is 0.956. The summed E-state index contributed by atoms with van der Waals surface area (Å²) in [7, 11) is 1.40. The zero-order valence-corrected chi connectivity index (χ0v) is 8.00. The predicted octanol–water partition coefficient (Wildman–Crippen LogP) is 2.87. The number of hydrogen-bond donors (Lipinski definition) is 1. The van der Waals surface area contributed by atoms with Gasteiger partial charge in [-0.1, -0.05) is 17.3 Å². The van der Waals surface area contributed by atoms with Crippen molar-refractivity contribution in [1.29, 1.82) is 0 Å². The van der Waals surface area contributed by atoms with E-state index in [0.29, 0.717) is 0 Å². The SMILES string of the molecule is CNC1=C=CC(Cl)=CC=C1C(F)(F)F. The van der Waals surface area contributed by atoms with Gasteiger partial charge in [-0.05, 0) is 12.2 Å². The van der Waals surface area contributed by atoms with Crippen molar-refractivity contribution in [1.82, 2.24) is 5.32 Å². The van der Waals surface area contributed by atoms with Gasteiger partial charge in [0, 0.05) is 18.2 Å². The summed E-state index contributed by atoms with van der Waals surface area (Å²) in [5, 5.41) is 2.62. The average Bonchev–Trinajstić information content (AvgIpc) is 2.25. The normalized spacial score (nSPS) is 16.8. The molecule has 1 aliphatic rings. The average molecular weight is 222 g/mol. The van der Waals surface area contributed by atoms with Crippen molar-refractivity contribution in [3.8, 4) is 0 Å². The van der Waals surface area contributed by atoms with Gasteiger partial charge in [0.05, 0.1) is 11.3 Å². The predicted molar refractivity (Wildman–Crippen MR) is 48.7 cm³/mol. The van der Waals surface area contributed by atoms with Crippen molar-refractivity contribution >= 4 is 11.6 Å². The minimum absolute atomic E-state index is 0.121. The van der Waals surface area contributed by atoms with Gasteiger partial charge in [0.1, 0.15) is 0 Å². The van der Waals surface area contributed by atoms with Crippen LogP contribution in [0.4, 0.5) is 13.2 Å². The van der Waals surface area contributed by atoms with Crippen LogP contribution in [0.25, 0.3) is 0 Å². The first-order valence-electron chi connectivity index (χ1n) is 3.74. The number of halogens is 4. The lowest BCUT2D eigenvalue weighted by molar-refractivity contribution is -0.0897. The minimum atomic E-state index is -4.41. The fourth-order valence-corrected chi connectivity index (χ4v) is 1.07. The highest BCUT2D eigenvalue weighted by molar-refractivity contribution is 6.31. The Labute approximate surface area is 84.2 Å². The first kappa shape index (κ1) is 11.0. The molecule has 0 aromatic heterocycles. The molecular formula is C9H7ClF3N. The van der Waals surface area contributed by atoms with E-state index in [1.165, 1.54) is 19.2 Å². The van der Waals surface area contributed by atoms with Crippen LogP contribution in [0.2, 0.25) is 0 Å². The third kappa shape index (κ3) is 2.44. The van der Waals surface area contributed by atoms with E-state index in [0.717, 1.165) is 6.08 Å². The molecule has 76 valence electrons. The zero-order valence-electron chi connectivity index (χ0n) is 7.24. The van der Waals surface area contributed by atoms with E-state index < -0.39 is 11.7 Å². The largest absolute Gasteiger partial charge is 0.419 e. The van der Waals surface area contributed by atoms with E-state index in [1.54, 1.807) is 0 Å². The summed E-state index contributed by atoms with van der Waals surface area (Å²) in [5.74, 6) is 0. The Morgan fingerprint density at radius 1 is 1.36 bits per heavy atom. The summed E-state index contributed by atoms with van der Waals surface area (Å²) >= 11 is 5.55. The van der Waals surface area contributed by atoms with Crippen molar-refractivity contribution in [3.05, 3.63) is 40.3 Å². The summed E-state index contributed by atoms with van der Waals surface area (Å²) in [4.78, 5) is 0. The van der Waals surface area contributed by atoms with Gasteiger partial charge >= 0.3 is 6.18 Å². The molecule has 0 unspecified atom stereocenters. The van der Waals surface area contributed by atoms with Crippen LogP contribution in [0.15, 0.2) is 40.3 Å². The van der Waals surface area contributed by atoms with E-state index in [-0.39, 0.29) is 10.7 Å². The van der Waals surface area contributed by atoms with Crippen molar-refractivity contribution < 1.29 is 13.2 Å². The highest BCUT2D eigenvalue weighted by Gasteiger charge is 2.35. The molecule has 0 amide bonds. The van der Waals surface area contributed by atoms with Crippen molar-refractivity contribution in [2.24, 2.45) is 0 Å². The second-order valence-corrected chi connectivity index (χ2v) is 2.98. The molecule has 0 aromatic rings. The van der Waals surface area contributed by atoms with Gasteiger partial charge in [-0.15, -0.1) is 0 Å². The molecule has 0 spiro atoms. The van der Waals surface area contributed by atoms with E-state index >= 15 is 0 Å². The maximum Gasteiger partial charge on any atom is 0.419 e. The maximum atomic E-state index is 12.4. The first-order valence-corrected chi connectivity index (χ1v) is 4.12. The van der Waals surface area contributed by atoms with Crippen molar-refractivity contribution in [2.45, 2.75) is 6.18 Å². The van der Waals surface area contributed by atoms with Crippen LogP contribution in [-0.2, 0) is 0 Å². The summed E-state index contributed by atoms with van der Waals surface area (Å²) in [6, 6.07) is 0. The van der Waals surface area contributed by atoms with Crippen LogP contribution < -0.4 is 5.32 Å². The Bertz CT molecular complexity index is 357. The Morgan fingerprint density at radius 2 is 2.00 bits per heavy atom. The number of nitrogens with one attached hydrogen (secondary N) is 1. The lowest BCUT2D eigenvalue weighted by Crippen LogP contribution is -2.19. The molecule has 0 bridgehead atoms. The third-order valence-electron chi connectivity index (χ3n) is 1.59. The molecular weight excluding hydrogens is 215 g/mol. The van der Waals surface area contributed by atoms with Crippen LogP contribution in [0, 0.1) is 0 Å². The van der Waals surface area contributed by atoms with Gasteiger partial charge in [0.15, 0.2) is 0 Å². The maximum absolute atomic E-state index is 12.4. The standard InChI is InChI=1S/C9H7ClF3N/c1-14-8-5-3-6(10)2-4-7(8)9(11,12)13/h2-4,14H,1H3. The number of allylic oxidation sites excluding steroid dienone is 4. The van der Waals surface area contributed by atoms with Gasteiger partial charge in [0.25, 0.3) is 0 Å². The first-order chi connectivity index (χ1) is 6.45. The smallest absolute Gasteiger partial charge is 0.381 e. The van der Waals surface area contributed by atoms with Crippen molar-refractivity contribution in [3.63, 3.8) is 0 Å². The number of hydrogen-bond acceptors (Lipinski definition) is 1. The fraction of sp³-hybridized carbons (Fsp3) is 0.222. The molecule has 5 heteroatoms. The van der Waals surface area contributed by atoms with E-state index in [1.807, 2.05) is 0 Å². The van der Waals surface area contributed by atoms with Crippen LogP contribution in [0.3, 0.4) is 0 Å². The molecule has 1 rings (SSSR count). The van der Waals surface area contributed by atoms with Crippen LogP contribution in [0.1, 0.15) is 0 Å². The molecule has 0 fully saturated rings. The molecule has 0 atom stereocenters. The Morgan fingerprint density at radius 3 is 2.50 bits per heavy atom. The van der Waals surface area contributed by atoms with Gasteiger partial charge in [-0.25, -0.2) is 0 Å². The van der Waals surface area contributed by atoms with Crippen LogP contribution >= 0.6 is 11.6 Å². The lowest BCUT2D eigenvalue weighted by Gasteiger charge is -2.11. The number of likely N-dealkylation sites (N-methyl/N-ethyl adjacent to an activating group) is 1. The van der Waals surface area contributed by atoms with Crippen LogP contribution in [0.5, 0.6) is 0 Å². The number of rotatable bonds is 1. The third-order valence-corrected chi connectivity index (χ3v) is 1.82. The zero-order chi connectivity index (χ0) is 10.8. The molecule has 1 aliphatic carbocycles. The second kappa shape index (κ2) is 3.95. The lowest BCUT2D eigenvalue weighted by atomic mass is 10.2. The molecule has 0 aromatic carbocycles. The molecule has 0 radical (unpaired) electrons. The topological polar surface area (TPSA) is 12.0 Å². The highest BCUT2D eigenvalue weighted by atomic mass is 35.5. The van der Waals surface area contributed by atoms with Gasteiger partial charge in [-0.2, -0.15) is 13.2 Å². The van der Waals surface area contributed by atoms with Crippen molar-refractivity contribution in [2.75, 3.05) is 7.05 Å². The molecule has 1 N–H and O–H groups in total. The molecule has 0 heterocycles. The molecule has 0 saturated carbocycles. The Hall–Kier alpha value is -1.12. The summed E-state index contributed by atoms with van der Waals surface area (Å²) in [6.07, 6.45) is -1.02. The van der Waals surface area contributed by atoms with Gasteiger partial charge < -0.3 is 5.32 Å². The van der Waals surface area contributed by atoms with Crippen LogP contribution in [-0.4, -0.2) is 13.2 Å². The van der Waals surface area contributed by atoms with Gasteiger partial charge in [-0.3, -0.25) is 0 Å². The van der Waals surface area contributed by atoms with E-state index in [2.05, 4.69) is 11.0 Å². The van der Waals surface area contributed by atoms with E-state index in [9.17, 15) is 13.2 Å².